The number of methoxy groups -OCH3 is 1. The molecule has 0 aliphatic carbocycles. The van der Waals surface area contributed by atoms with Crippen LogP contribution in [0.25, 0.3) is 0 Å². The van der Waals surface area contributed by atoms with E-state index in [1.54, 1.807) is 0 Å². The molecule has 0 aliphatic heterocycles. The number of hydrogen-bond donors (Lipinski definition) is 0. The van der Waals surface area contributed by atoms with Gasteiger partial charge >= 0.3 is 5.97 Å². The molecule has 1 heterocycles. The molecule has 0 saturated heterocycles. The van der Waals surface area contributed by atoms with Gasteiger partial charge in [-0.05, 0) is 17.4 Å². The van der Waals surface area contributed by atoms with Crippen LogP contribution in [0.1, 0.15) is 6.92 Å². The van der Waals surface area contributed by atoms with Crippen molar-refractivity contribution < 1.29 is 9.53 Å². The van der Waals surface area contributed by atoms with Crippen LogP contribution >= 0.6 is 23.4 Å². The van der Waals surface area contributed by atoms with Gasteiger partial charge in [0, 0.05) is 11.3 Å². The van der Waals surface area contributed by atoms with Crippen LogP contribution in [0.15, 0.2) is 16.3 Å². The molecule has 0 aromatic carbocycles. The smallest absolute Gasteiger partial charge is 0.327 e. The average Bonchev–Trinajstić information content (AvgIpc) is 2.73. The van der Waals surface area contributed by atoms with Crippen LogP contribution in [0.4, 0.5) is 0 Å². The van der Waals surface area contributed by atoms with E-state index >= 15 is 0 Å². The van der Waals surface area contributed by atoms with Gasteiger partial charge < -0.3 is 4.74 Å². The minimum Gasteiger partial charge on any atom is -0.468 e. The van der Waals surface area contributed by atoms with Crippen molar-refractivity contribution in [1.82, 2.24) is 20.2 Å². The summed E-state index contributed by atoms with van der Waals surface area (Å²) in [6.07, 6.45) is 0. The topological polar surface area (TPSA) is 69.9 Å². The minimum absolute atomic E-state index is 0.00940. The minimum atomic E-state index is -0.390. The number of aromatic nitrogens is 4. The zero-order valence-corrected chi connectivity index (χ0v) is 10.5. The number of rotatable bonds is 5. The second-order valence-corrected chi connectivity index (χ2v) is 4.10. The van der Waals surface area contributed by atoms with Crippen LogP contribution < -0.4 is 0 Å². The van der Waals surface area contributed by atoms with E-state index in [1.807, 2.05) is 6.92 Å². The molecule has 88 valence electrons. The number of thioether (sulfide) groups is 1. The molecule has 1 aromatic heterocycles. The molecule has 0 N–H and O–H groups in total. The zero-order chi connectivity index (χ0) is 12.0. The number of nitrogens with zero attached hydrogens (tertiary/aromatic N) is 4. The Balaban J connectivity index is 2.60. The third kappa shape index (κ3) is 3.82. The number of halogens is 1. The van der Waals surface area contributed by atoms with Crippen molar-refractivity contribution in [3.05, 3.63) is 11.1 Å². The van der Waals surface area contributed by atoms with Crippen LogP contribution in [-0.4, -0.2) is 39.0 Å². The Morgan fingerprint density at radius 2 is 2.44 bits per heavy atom. The fourth-order valence-electron chi connectivity index (χ4n) is 0.796. The van der Waals surface area contributed by atoms with E-state index in [0.29, 0.717) is 10.9 Å². The number of tetrazole rings is 1. The van der Waals surface area contributed by atoms with Gasteiger partial charge in [-0.2, -0.15) is 0 Å². The van der Waals surface area contributed by atoms with Crippen LogP contribution in [0, 0.1) is 0 Å². The predicted octanol–water partition coefficient (Wildman–Crippen LogP) is 1.08. The van der Waals surface area contributed by atoms with Crippen LogP contribution in [0.5, 0.6) is 0 Å². The van der Waals surface area contributed by atoms with Crippen molar-refractivity contribution in [3.63, 3.8) is 0 Å². The number of hydrogen-bond acceptors (Lipinski definition) is 6. The van der Waals surface area contributed by atoms with Gasteiger partial charge in [0.1, 0.15) is 6.54 Å². The van der Waals surface area contributed by atoms with Crippen LogP contribution in [0.2, 0.25) is 0 Å². The van der Waals surface area contributed by atoms with E-state index in [0.717, 1.165) is 5.57 Å². The first-order valence-electron chi connectivity index (χ1n) is 4.39. The lowest BCUT2D eigenvalue weighted by atomic mass is 10.4. The van der Waals surface area contributed by atoms with Crippen LogP contribution in [0.3, 0.4) is 0 Å². The second kappa shape index (κ2) is 6.49. The molecule has 0 atom stereocenters. The van der Waals surface area contributed by atoms with Gasteiger partial charge in [0.2, 0.25) is 5.16 Å². The van der Waals surface area contributed by atoms with Crippen molar-refractivity contribution >= 4 is 29.3 Å². The molecule has 1 aromatic rings. The molecule has 0 unspecified atom stereocenters. The van der Waals surface area contributed by atoms with E-state index < -0.39 is 5.97 Å². The normalized spacial score (nSPS) is 11.6. The Labute approximate surface area is 102 Å². The quantitative estimate of drug-likeness (QED) is 0.584. The van der Waals surface area contributed by atoms with E-state index in [2.05, 4.69) is 20.3 Å². The van der Waals surface area contributed by atoms with Crippen molar-refractivity contribution in [1.29, 1.82) is 0 Å². The van der Waals surface area contributed by atoms with Gasteiger partial charge in [0.25, 0.3) is 0 Å². The highest BCUT2D eigenvalue weighted by Gasteiger charge is 2.10. The SMILES string of the molecule is COC(=O)Cn1nnnc1SCC(C)=CCl. The summed E-state index contributed by atoms with van der Waals surface area (Å²) in [7, 11) is 1.32. The predicted molar refractivity (Wildman–Crippen MR) is 60.2 cm³/mol. The van der Waals surface area contributed by atoms with Gasteiger partial charge in [0.15, 0.2) is 0 Å². The van der Waals surface area contributed by atoms with Crippen molar-refractivity contribution in [2.24, 2.45) is 0 Å². The summed E-state index contributed by atoms with van der Waals surface area (Å²) in [6.45, 7) is 1.91. The maximum absolute atomic E-state index is 11.0. The van der Waals surface area contributed by atoms with Gasteiger partial charge in [-0.15, -0.1) is 5.10 Å². The standard InChI is InChI=1S/C8H11ClN4O2S/c1-6(3-9)5-16-8-10-11-12-13(8)4-7(14)15-2/h3H,4-5H2,1-2H3. The molecule has 0 aliphatic rings. The molecule has 1 rings (SSSR count). The van der Waals surface area contributed by atoms with Gasteiger partial charge in [0.05, 0.1) is 7.11 Å². The van der Waals surface area contributed by atoms with Crippen LogP contribution in [-0.2, 0) is 16.1 Å². The number of esters is 1. The summed E-state index contributed by atoms with van der Waals surface area (Å²) in [5, 5.41) is 11.5. The highest BCUT2D eigenvalue weighted by molar-refractivity contribution is 7.99. The largest absolute Gasteiger partial charge is 0.468 e. The van der Waals surface area contributed by atoms with Gasteiger partial charge in [-0.25, -0.2) is 4.68 Å². The number of carbonyl (C=O) groups excluding carboxylic acids is 1. The fraction of sp³-hybridized carbons (Fsp3) is 0.500. The monoisotopic (exact) mass is 262 g/mol. The van der Waals surface area contributed by atoms with E-state index in [1.165, 1.54) is 29.1 Å². The number of carbonyl (C=O) groups is 1. The lowest BCUT2D eigenvalue weighted by Gasteiger charge is -2.02. The summed E-state index contributed by atoms with van der Waals surface area (Å²) in [6, 6.07) is 0. The zero-order valence-electron chi connectivity index (χ0n) is 8.88. The summed E-state index contributed by atoms with van der Waals surface area (Å²) < 4.78 is 5.92. The second-order valence-electron chi connectivity index (χ2n) is 2.94. The Kier molecular flexibility index (Phi) is 5.27. The molecular weight excluding hydrogens is 252 g/mol. The number of ether oxygens (including phenoxy) is 1. The summed E-state index contributed by atoms with van der Waals surface area (Å²) in [4.78, 5) is 11.0. The first-order valence-corrected chi connectivity index (χ1v) is 5.81. The van der Waals surface area contributed by atoms with Crippen molar-refractivity contribution in [2.75, 3.05) is 12.9 Å². The molecule has 16 heavy (non-hydrogen) atoms. The Hall–Kier alpha value is -1.08. The average molecular weight is 263 g/mol. The molecule has 0 radical (unpaired) electrons. The summed E-state index contributed by atoms with van der Waals surface area (Å²) in [5.74, 6) is 0.282. The molecule has 8 heteroatoms. The Bertz CT molecular complexity index is 393. The lowest BCUT2D eigenvalue weighted by molar-refractivity contribution is -0.141. The molecule has 0 saturated carbocycles. The summed E-state index contributed by atoms with van der Waals surface area (Å²) >= 11 is 6.94. The highest BCUT2D eigenvalue weighted by atomic mass is 35.5. The van der Waals surface area contributed by atoms with Crippen molar-refractivity contribution in [2.45, 2.75) is 18.6 Å². The molecule has 0 spiro atoms. The van der Waals surface area contributed by atoms with Gasteiger partial charge in [-0.1, -0.05) is 28.9 Å². The third-order valence-corrected chi connectivity index (χ3v) is 3.14. The fourth-order valence-corrected chi connectivity index (χ4v) is 1.75. The van der Waals surface area contributed by atoms with Gasteiger partial charge in [-0.3, -0.25) is 4.79 Å². The Morgan fingerprint density at radius 3 is 3.06 bits per heavy atom. The Morgan fingerprint density at radius 1 is 1.69 bits per heavy atom. The van der Waals surface area contributed by atoms with Crippen molar-refractivity contribution in [3.8, 4) is 0 Å². The molecule has 0 fully saturated rings. The molecule has 6 nitrogen and oxygen atoms in total. The highest BCUT2D eigenvalue weighted by Crippen LogP contribution is 2.17. The first-order chi connectivity index (χ1) is 7.67. The third-order valence-electron chi connectivity index (χ3n) is 1.62. The van der Waals surface area contributed by atoms with E-state index in [-0.39, 0.29) is 6.54 Å². The first kappa shape index (κ1) is 13.0. The van der Waals surface area contributed by atoms with E-state index in [4.69, 9.17) is 11.6 Å². The maximum atomic E-state index is 11.0. The molecule has 0 amide bonds. The molecular formula is C8H11ClN4O2S. The molecule has 0 bridgehead atoms. The maximum Gasteiger partial charge on any atom is 0.327 e. The lowest BCUT2D eigenvalue weighted by Crippen LogP contribution is -2.13. The van der Waals surface area contributed by atoms with E-state index in [9.17, 15) is 4.79 Å². The summed E-state index contributed by atoms with van der Waals surface area (Å²) in [5.41, 5.74) is 2.50.